The Hall–Kier alpha value is -2.36. The fourth-order valence-corrected chi connectivity index (χ4v) is 5.00. The Morgan fingerprint density at radius 2 is 1.89 bits per heavy atom. The van der Waals surface area contributed by atoms with Gasteiger partial charge in [-0.2, -0.15) is 13.2 Å². The van der Waals surface area contributed by atoms with E-state index in [0.29, 0.717) is 28.2 Å². The molecule has 0 aromatic heterocycles. The SMILES string of the molecule is O=C(N[C@@H]1CCCNC1)C(Cc1ccc(Cl)cc1Cl)NC(=O)C1(c2ccc(C(F)(F)F)cc2F)CC1. The van der Waals surface area contributed by atoms with E-state index in [-0.39, 0.29) is 30.9 Å². The van der Waals surface area contributed by atoms with Crippen LogP contribution in [0.3, 0.4) is 0 Å². The minimum atomic E-state index is -4.70. The largest absolute Gasteiger partial charge is 0.416 e. The van der Waals surface area contributed by atoms with Gasteiger partial charge in [-0.05, 0) is 62.1 Å². The zero-order valence-electron chi connectivity index (χ0n) is 19.2. The number of benzene rings is 2. The Morgan fingerprint density at radius 1 is 1.14 bits per heavy atom. The van der Waals surface area contributed by atoms with Gasteiger partial charge in [0.2, 0.25) is 11.8 Å². The van der Waals surface area contributed by atoms with E-state index < -0.39 is 40.8 Å². The maximum absolute atomic E-state index is 14.7. The maximum atomic E-state index is 14.7. The zero-order valence-corrected chi connectivity index (χ0v) is 20.7. The van der Waals surface area contributed by atoms with Crippen molar-refractivity contribution in [3.63, 3.8) is 0 Å². The van der Waals surface area contributed by atoms with E-state index in [4.69, 9.17) is 23.2 Å². The number of halogens is 6. The highest BCUT2D eigenvalue weighted by Crippen LogP contribution is 2.50. The number of amides is 2. The molecule has 5 nitrogen and oxygen atoms in total. The van der Waals surface area contributed by atoms with Crippen LogP contribution in [0, 0.1) is 5.82 Å². The first-order chi connectivity index (χ1) is 17.0. The normalized spacial score (nSPS) is 19.9. The summed E-state index contributed by atoms with van der Waals surface area (Å²) in [5, 5.41) is 9.60. The van der Waals surface area contributed by atoms with Crippen molar-refractivity contribution in [1.82, 2.24) is 16.0 Å². The molecule has 36 heavy (non-hydrogen) atoms. The van der Waals surface area contributed by atoms with Crippen molar-refractivity contribution in [2.45, 2.75) is 55.8 Å². The van der Waals surface area contributed by atoms with Crippen molar-refractivity contribution < 1.29 is 27.2 Å². The lowest BCUT2D eigenvalue weighted by molar-refractivity contribution is -0.137. The van der Waals surface area contributed by atoms with Gasteiger partial charge in [-0.3, -0.25) is 9.59 Å². The van der Waals surface area contributed by atoms with Crippen molar-refractivity contribution in [2.75, 3.05) is 13.1 Å². The van der Waals surface area contributed by atoms with Gasteiger partial charge in [0.25, 0.3) is 0 Å². The van der Waals surface area contributed by atoms with E-state index in [1.165, 1.54) is 6.07 Å². The summed E-state index contributed by atoms with van der Waals surface area (Å²) in [5.41, 5.74) is -2.00. The highest BCUT2D eigenvalue weighted by atomic mass is 35.5. The monoisotopic (exact) mass is 545 g/mol. The van der Waals surface area contributed by atoms with Gasteiger partial charge in [0.15, 0.2) is 0 Å². The van der Waals surface area contributed by atoms with Crippen molar-refractivity contribution in [1.29, 1.82) is 0 Å². The average Bonchev–Trinajstić information content (AvgIpc) is 3.62. The third kappa shape index (κ3) is 5.95. The van der Waals surface area contributed by atoms with Gasteiger partial charge < -0.3 is 16.0 Å². The molecule has 2 atom stereocenters. The highest BCUT2D eigenvalue weighted by Gasteiger charge is 2.53. The number of hydrogen-bond acceptors (Lipinski definition) is 3. The van der Waals surface area contributed by atoms with Crippen molar-refractivity contribution in [2.24, 2.45) is 0 Å². The zero-order chi connectivity index (χ0) is 26.1. The molecule has 1 heterocycles. The van der Waals surface area contributed by atoms with Crippen LogP contribution < -0.4 is 16.0 Å². The van der Waals surface area contributed by atoms with Gasteiger partial charge in [-0.15, -0.1) is 0 Å². The smallest absolute Gasteiger partial charge is 0.350 e. The lowest BCUT2D eigenvalue weighted by Crippen LogP contribution is -2.55. The number of hydrogen-bond donors (Lipinski definition) is 3. The number of rotatable bonds is 7. The molecule has 11 heteroatoms. The van der Waals surface area contributed by atoms with Crippen LogP contribution in [-0.2, 0) is 27.6 Å². The number of nitrogens with one attached hydrogen (secondary N) is 3. The fraction of sp³-hybridized carbons (Fsp3) is 0.440. The van der Waals surface area contributed by atoms with Crippen LogP contribution in [-0.4, -0.2) is 37.0 Å². The topological polar surface area (TPSA) is 70.2 Å². The summed E-state index contributed by atoms with van der Waals surface area (Å²) < 4.78 is 53.6. The first-order valence-electron chi connectivity index (χ1n) is 11.6. The molecule has 2 aromatic rings. The first kappa shape index (κ1) is 26.7. The van der Waals surface area contributed by atoms with Crippen LogP contribution in [0.25, 0.3) is 0 Å². The summed E-state index contributed by atoms with van der Waals surface area (Å²) >= 11 is 12.3. The predicted molar refractivity (Wildman–Crippen MR) is 128 cm³/mol. The van der Waals surface area contributed by atoms with Gasteiger partial charge in [0.1, 0.15) is 11.9 Å². The summed E-state index contributed by atoms with van der Waals surface area (Å²) in [5.74, 6) is -2.15. The molecule has 1 saturated heterocycles. The molecular formula is C25H25Cl2F4N3O2. The van der Waals surface area contributed by atoms with E-state index in [9.17, 15) is 27.2 Å². The van der Waals surface area contributed by atoms with E-state index >= 15 is 0 Å². The third-order valence-electron chi connectivity index (χ3n) is 6.70. The Balaban J connectivity index is 1.56. The molecule has 2 fully saturated rings. The number of piperidine rings is 1. The minimum absolute atomic E-state index is 0.0549. The Kier molecular flexibility index (Phi) is 7.83. The predicted octanol–water partition coefficient (Wildman–Crippen LogP) is 4.78. The average molecular weight is 546 g/mol. The first-order valence-corrected chi connectivity index (χ1v) is 12.4. The second-order valence-electron chi connectivity index (χ2n) is 9.29. The van der Waals surface area contributed by atoms with Gasteiger partial charge in [0.05, 0.1) is 11.0 Å². The number of carbonyl (C=O) groups is 2. The number of alkyl halides is 3. The molecule has 4 rings (SSSR count). The minimum Gasteiger partial charge on any atom is -0.350 e. The number of carbonyl (C=O) groups excluding carboxylic acids is 2. The summed E-state index contributed by atoms with van der Waals surface area (Å²) in [4.78, 5) is 26.6. The van der Waals surface area contributed by atoms with Crippen LogP contribution in [0.5, 0.6) is 0 Å². The van der Waals surface area contributed by atoms with Gasteiger partial charge in [0, 0.05) is 34.6 Å². The molecule has 0 spiro atoms. The lowest BCUT2D eigenvalue weighted by Gasteiger charge is -2.28. The van der Waals surface area contributed by atoms with E-state index in [0.717, 1.165) is 31.5 Å². The molecule has 1 saturated carbocycles. The molecule has 1 aliphatic heterocycles. The van der Waals surface area contributed by atoms with Crippen molar-refractivity contribution in [3.05, 3.63) is 69.0 Å². The van der Waals surface area contributed by atoms with E-state index in [1.807, 2.05) is 0 Å². The second kappa shape index (κ2) is 10.6. The lowest BCUT2D eigenvalue weighted by atomic mass is 9.92. The van der Waals surface area contributed by atoms with Crippen LogP contribution in [0.4, 0.5) is 17.6 Å². The quantitative estimate of drug-likeness (QED) is 0.438. The molecule has 1 unspecified atom stereocenters. The molecule has 0 bridgehead atoms. The Morgan fingerprint density at radius 3 is 2.47 bits per heavy atom. The van der Waals surface area contributed by atoms with Crippen LogP contribution in [0.1, 0.15) is 42.4 Å². The van der Waals surface area contributed by atoms with Gasteiger partial charge >= 0.3 is 6.18 Å². The van der Waals surface area contributed by atoms with Crippen LogP contribution in [0.2, 0.25) is 10.0 Å². The molecule has 1 aliphatic carbocycles. The maximum Gasteiger partial charge on any atom is 0.416 e. The molecule has 2 aromatic carbocycles. The van der Waals surface area contributed by atoms with Gasteiger partial charge in [-0.25, -0.2) is 4.39 Å². The highest BCUT2D eigenvalue weighted by molar-refractivity contribution is 6.35. The van der Waals surface area contributed by atoms with E-state index in [1.54, 1.807) is 12.1 Å². The molecule has 2 aliphatic rings. The Labute approximate surface area is 215 Å². The van der Waals surface area contributed by atoms with Crippen molar-refractivity contribution >= 4 is 35.0 Å². The van der Waals surface area contributed by atoms with Crippen LogP contribution >= 0.6 is 23.2 Å². The van der Waals surface area contributed by atoms with Crippen molar-refractivity contribution in [3.8, 4) is 0 Å². The van der Waals surface area contributed by atoms with E-state index in [2.05, 4.69) is 16.0 Å². The fourth-order valence-electron chi connectivity index (χ4n) is 4.51. The second-order valence-corrected chi connectivity index (χ2v) is 10.1. The summed E-state index contributed by atoms with van der Waals surface area (Å²) in [6, 6.07) is 5.81. The molecular weight excluding hydrogens is 521 g/mol. The molecule has 0 radical (unpaired) electrons. The standard InChI is InChI=1S/C25H25Cl2F4N3O2/c26-16-5-3-14(19(27)12-16)10-21(22(35)33-17-2-1-9-32-13-17)34-23(36)24(7-8-24)18-6-4-15(11-20(18)28)25(29,30)31/h3-6,11-12,17,21,32H,1-2,7-10,13H2,(H,33,35)(H,34,36)/t17-,21?/m1/s1. The molecule has 2 amide bonds. The molecule has 3 N–H and O–H groups in total. The third-order valence-corrected chi connectivity index (χ3v) is 7.29. The summed E-state index contributed by atoms with van der Waals surface area (Å²) in [7, 11) is 0. The van der Waals surface area contributed by atoms with Gasteiger partial charge in [-0.1, -0.05) is 35.3 Å². The molecule has 194 valence electrons. The summed E-state index contributed by atoms with van der Waals surface area (Å²) in [6.45, 7) is 1.45. The summed E-state index contributed by atoms with van der Waals surface area (Å²) in [6.07, 6.45) is -2.47. The Bertz CT molecular complexity index is 1150. The van der Waals surface area contributed by atoms with Crippen LogP contribution in [0.15, 0.2) is 36.4 Å².